The minimum absolute atomic E-state index is 0.0200. The van der Waals surface area contributed by atoms with Crippen LogP contribution in [0, 0.1) is 5.41 Å². The third kappa shape index (κ3) is 2.92. The molecule has 1 aliphatic carbocycles. The number of anilines is 1. The lowest BCUT2D eigenvalue weighted by Crippen LogP contribution is -2.37. The number of halogens is 1. The SMILES string of the molecule is C[C@@]1(C(=O)Nc2nccs2)Cc2ccccc2[C@@H]1c1ccc(Br)cc1. The average molecular weight is 413 g/mol. The zero-order chi connectivity index (χ0) is 17.4. The van der Waals surface area contributed by atoms with Gasteiger partial charge in [-0.1, -0.05) is 52.3 Å². The first-order valence-electron chi connectivity index (χ1n) is 8.12. The van der Waals surface area contributed by atoms with E-state index in [-0.39, 0.29) is 11.8 Å². The molecule has 5 heteroatoms. The third-order valence-corrected chi connectivity index (χ3v) is 6.15. The van der Waals surface area contributed by atoms with Gasteiger partial charge in [-0.2, -0.15) is 0 Å². The second-order valence-corrected chi connectivity index (χ2v) is 8.38. The van der Waals surface area contributed by atoms with E-state index in [2.05, 4.69) is 63.5 Å². The molecule has 1 N–H and O–H groups in total. The standard InChI is InChI=1S/C20H17BrN2OS/c1-20(18(24)23-19-22-10-11-25-19)12-14-4-2-3-5-16(14)17(20)13-6-8-15(21)9-7-13/h2-11,17H,12H2,1H3,(H,22,23,24)/t17-,20+/m0/s1. The molecule has 3 nitrogen and oxygen atoms in total. The number of aromatic nitrogens is 1. The zero-order valence-corrected chi connectivity index (χ0v) is 16.1. The summed E-state index contributed by atoms with van der Waals surface area (Å²) >= 11 is 4.94. The molecule has 0 saturated carbocycles. The summed E-state index contributed by atoms with van der Waals surface area (Å²) in [5.74, 6) is 0.0448. The summed E-state index contributed by atoms with van der Waals surface area (Å²) < 4.78 is 1.04. The molecule has 0 radical (unpaired) electrons. The molecule has 0 unspecified atom stereocenters. The van der Waals surface area contributed by atoms with Crippen molar-refractivity contribution in [3.63, 3.8) is 0 Å². The fraction of sp³-hybridized carbons (Fsp3) is 0.200. The van der Waals surface area contributed by atoms with Crippen molar-refractivity contribution in [3.05, 3.63) is 81.3 Å². The van der Waals surface area contributed by atoms with Crippen molar-refractivity contribution in [1.82, 2.24) is 4.98 Å². The highest BCUT2D eigenvalue weighted by Crippen LogP contribution is 2.51. The van der Waals surface area contributed by atoms with Crippen LogP contribution < -0.4 is 5.32 Å². The highest BCUT2D eigenvalue weighted by Gasteiger charge is 2.48. The molecule has 126 valence electrons. The van der Waals surface area contributed by atoms with Gasteiger partial charge in [0.25, 0.3) is 0 Å². The normalized spacial score (nSPS) is 21.8. The van der Waals surface area contributed by atoms with Gasteiger partial charge in [-0.25, -0.2) is 4.98 Å². The van der Waals surface area contributed by atoms with Crippen LogP contribution in [0.15, 0.2) is 64.6 Å². The van der Waals surface area contributed by atoms with Crippen LogP contribution in [0.4, 0.5) is 5.13 Å². The van der Waals surface area contributed by atoms with Gasteiger partial charge in [0, 0.05) is 22.0 Å². The molecule has 0 bridgehead atoms. The van der Waals surface area contributed by atoms with Crippen LogP contribution in [0.2, 0.25) is 0 Å². The summed E-state index contributed by atoms with van der Waals surface area (Å²) in [6.45, 7) is 2.06. The smallest absolute Gasteiger partial charge is 0.233 e. The lowest BCUT2D eigenvalue weighted by atomic mass is 9.73. The van der Waals surface area contributed by atoms with Crippen LogP contribution >= 0.6 is 27.3 Å². The maximum atomic E-state index is 13.2. The van der Waals surface area contributed by atoms with E-state index >= 15 is 0 Å². The molecular formula is C20H17BrN2OS. The Hall–Kier alpha value is -1.98. The van der Waals surface area contributed by atoms with Gasteiger partial charge in [0.1, 0.15) is 0 Å². The van der Waals surface area contributed by atoms with Crippen molar-refractivity contribution in [3.8, 4) is 0 Å². The van der Waals surface area contributed by atoms with Crippen LogP contribution in [0.5, 0.6) is 0 Å². The van der Waals surface area contributed by atoms with Crippen LogP contribution in [0.25, 0.3) is 0 Å². The minimum atomic E-state index is -0.552. The molecule has 1 heterocycles. The highest BCUT2D eigenvalue weighted by atomic mass is 79.9. The number of rotatable bonds is 3. The van der Waals surface area contributed by atoms with Crippen molar-refractivity contribution < 1.29 is 4.79 Å². The first-order valence-corrected chi connectivity index (χ1v) is 9.79. The van der Waals surface area contributed by atoms with Gasteiger partial charge in [0.05, 0.1) is 5.41 Å². The molecule has 2 aromatic carbocycles. The quantitative estimate of drug-likeness (QED) is 0.638. The fourth-order valence-electron chi connectivity index (χ4n) is 3.76. The van der Waals surface area contributed by atoms with Crippen molar-refractivity contribution in [2.45, 2.75) is 19.3 Å². The largest absolute Gasteiger partial charge is 0.301 e. The predicted octanol–water partition coefficient (Wildman–Crippen LogP) is 5.24. The highest BCUT2D eigenvalue weighted by molar-refractivity contribution is 9.10. The van der Waals surface area contributed by atoms with Gasteiger partial charge in [-0.15, -0.1) is 11.3 Å². The number of benzene rings is 2. The van der Waals surface area contributed by atoms with E-state index in [9.17, 15) is 4.79 Å². The Morgan fingerprint density at radius 3 is 2.72 bits per heavy atom. The van der Waals surface area contributed by atoms with E-state index in [4.69, 9.17) is 0 Å². The number of carbonyl (C=O) groups excluding carboxylic acids is 1. The fourth-order valence-corrected chi connectivity index (χ4v) is 4.55. The number of nitrogens with zero attached hydrogens (tertiary/aromatic N) is 1. The molecule has 0 saturated heterocycles. The number of hydrogen-bond donors (Lipinski definition) is 1. The summed E-state index contributed by atoms with van der Waals surface area (Å²) in [6.07, 6.45) is 2.43. The molecule has 1 amide bonds. The van der Waals surface area contributed by atoms with Crippen LogP contribution in [-0.2, 0) is 11.2 Å². The summed E-state index contributed by atoms with van der Waals surface area (Å²) in [5, 5.41) is 5.53. The molecule has 1 aromatic heterocycles. The first-order chi connectivity index (χ1) is 12.1. The van der Waals surface area contributed by atoms with Gasteiger partial charge in [0.15, 0.2) is 5.13 Å². The number of carbonyl (C=O) groups is 1. The van der Waals surface area contributed by atoms with E-state index in [0.717, 1.165) is 16.5 Å². The van der Waals surface area contributed by atoms with Gasteiger partial charge < -0.3 is 5.32 Å². The van der Waals surface area contributed by atoms with Crippen molar-refractivity contribution in [2.75, 3.05) is 5.32 Å². The van der Waals surface area contributed by atoms with E-state index in [1.807, 2.05) is 23.6 Å². The molecule has 4 rings (SSSR count). The summed E-state index contributed by atoms with van der Waals surface area (Å²) in [7, 11) is 0. The molecule has 0 aliphatic heterocycles. The number of amides is 1. The second kappa shape index (κ2) is 6.39. The zero-order valence-electron chi connectivity index (χ0n) is 13.7. The average Bonchev–Trinajstić information content (AvgIpc) is 3.21. The number of fused-ring (bicyclic) bond motifs is 1. The topological polar surface area (TPSA) is 42.0 Å². The molecule has 0 fully saturated rings. The summed E-state index contributed by atoms with van der Waals surface area (Å²) in [6, 6.07) is 16.6. The maximum Gasteiger partial charge on any atom is 0.233 e. The van der Waals surface area contributed by atoms with E-state index < -0.39 is 5.41 Å². The summed E-state index contributed by atoms with van der Waals surface area (Å²) in [4.78, 5) is 17.4. The predicted molar refractivity (Wildman–Crippen MR) is 105 cm³/mol. The Kier molecular flexibility index (Phi) is 4.21. The van der Waals surface area contributed by atoms with Crippen molar-refractivity contribution in [2.24, 2.45) is 5.41 Å². The third-order valence-electron chi connectivity index (χ3n) is 4.94. The maximum absolute atomic E-state index is 13.2. The minimum Gasteiger partial charge on any atom is -0.301 e. The number of nitrogens with one attached hydrogen (secondary N) is 1. The number of thiazole rings is 1. The van der Waals surface area contributed by atoms with Crippen molar-refractivity contribution in [1.29, 1.82) is 0 Å². The van der Waals surface area contributed by atoms with E-state index in [1.54, 1.807) is 6.20 Å². The van der Waals surface area contributed by atoms with E-state index in [1.165, 1.54) is 22.5 Å². The molecule has 0 spiro atoms. The van der Waals surface area contributed by atoms with Crippen LogP contribution in [0.1, 0.15) is 29.5 Å². The molecule has 1 aliphatic rings. The van der Waals surface area contributed by atoms with Crippen molar-refractivity contribution >= 4 is 38.3 Å². The monoisotopic (exact) mass is 412 g/mol. The Morgan fingerprint density at radius 1 is 1.24 bits per heavy atom. The van der Waals surface area contributed by atoms with E-state index in [0.29, 0.717) is 5.13 Å². The molecule has 2 atom stereocenters. The second-order valence-electron chi connectivity index (χ2n) is 6.57. The van der Waals surface area contributed by atoms with Gasteiger partial charge in [0.2, 0.25) is 5.91 Å². The lowest BCUT2D eigenvalue weighted by molar-refractivity contribution is -0.125. The van der Waals surface area contributed by atoms with Crippen LogP contribution in [-0.4, -0.2) is 10.9 Å². The lowest BCUT2D eigenvalue weighted by Gasteiger charge is -2.31. The molecular weight excluding hydrogens is 396 g/mol. The molecule has 3 aromatic rings. The summed E-state index contributed by atoms with van der Waals surface area (Å²) in [5.41, 5.74) is 3.09. The Labute approximate surface area is 159 Å². The Balaban J connectivity index is 1.77. The van der Waals surface area contributed by atoms with Crippen LogP contribution in [0.3, 0.4) is 0 Å². The molecule has 25 heavy (non-hydrogen) atoms. The van der Waals surface area contributed by atoms with Gasteiger partial charge >= 0.3 is 0 Å². The number of hydrogen-bond acceptors (Lipinski definition) is 3. The first kappa shape index (κ1) is 16.5. The van der Waals surface area contributed by atoms with Gasteiger partial charge in [-0.05, 0) is 42.2 Å². The van der Waals surface area contributed by atoms with Gasteiger partial charge in [-0.3, -0.25) is 4.79 Å². The Morgan fingerprint density at radius 2 is 2.00 bits per heavy atom. The Bertz CT molecular complexity index is 908.